The highest BCUT2D eigenvalue weighted by atomic mass is 32.2. The van der Waals surface area contributed by atoms with E-state index in [-0.39, 0.29) is 12.5 Å². The van der Waals surface area contributed by atoms with E-state index in [0.717, 1.165) is 56.4 Å². The number of aromatic amines is 1. The van der Waals surface area contributed by atoms with E-state index in [2.05, 4.69) is 22.4 Å². The van der Waals surface area contributed by atoms with E-state index in [1.807, 2.05) is 67.6 Å². The summed E-state index contributed by atoms with van der Waals surface area (Å²) in [6.07, 6.45) is 1.54. The van der Waals surface area contributed by atoms with E-state index in [1.54, 1.807) is 21.1 Å². The van der Waals surface area contributed by atoms with Gasteiger partial charge in [-0.25, -0.2) is 9.78 Å². The summed E-state index contributed by atoms with van der Waals surface area (Å²) < 4.78 is 16.1. The molecule has 1 atom stereocenters. The number of methoxy groups -OCH3 is 2. The van der Waals surface area contributed by atoms with Gasteiger partial charge in [0.1, 0.15) is 16.5 Å². The lowest BCUT2D eigenvalue weighted by atomic mass is 9.89. The van der Waals surface area contributed by atoms with Crippen LogP contribution in [0.25, 0.3) is 33.0 Å². The molecule has 230 valence electrons. The first kappa shape index (κ1) is 30.5. The minimum absolute atomic E-state index is 0.231. The molecule has 0 fully saturated rings. The fourth-order valence-electron chi connectivity index (χ4n) is 5.41. The number of aryl methyl sites for hydroxylation is 1. The van der Waals surface area contributed by atoms with Crippen molar-refractivity contribution >= 4 is 40.0 Å². The maximum absolute atomic E-state index is 13.6. The van der Waals surface area contributed by atoms with Crippen LogP contribution in [-0.4, -0.2) is 47.9 Å². The number of nitrogens with zero attached hydrogens (tertiary/aromatic N) is 1. The number of thioether (sulfide) groups is 1. The molecule has 0 spiro atoms. The normalized spacial score (nSPS) is 12.5. The van der Waals surface area contributed by atoms with Gasteiger partial charge in [0.2, 0.25) is 5.91 Å². The summed E-state index contributed by atoms with van der Waals surface area (Å²) in [5.41, 5.74) is 7.16. The minimum Gasteiger partial charge on any atom is -0.497 e. The van der Waals surface area contributed by atoms with Crippen LogP contribution in [0, 0.1) is 0 Å². The number of hydrogen-bond donors (Lipinski definition) is 2. The zero-order valence-corrected chi connectivity index (χ0v) is 27.1. The summed E-state index contributed by atoms with van der Waals surface area (Å²) in [5, 5.41) is 3.65. The third-order valence-electron chi connectivity index (χ3n) is 7.71. The van der Waals surface area contributed by atoms with Gasteiger partial charge in [-0.3, -0.25) is 4.79 Å². The predicted octanol–water partition coefficient (Wildman–Crippen LogP) is 7.88. The van der Waals surface area contributed by atoms with Crippen molar-refractivity contribution in [2.24, 2.45) is 0 Å². The Hall–Kier alpha value is -4.54. The van der Waals surface area contributed by atoms with Gasteiger partial charge in [-0.2, -0.15) is 0 Å². The number of hydrogen-bond acceptors (Lipinski definition) is 8. The summed E-state index contributed by atoms with van der Waals surface area (Å²) >= 11 is 2.75. The van der Waals surface area contributed by atoms with Crippen molar-refractivity contribution < 1.29 is 23.8 Å². The number of carbonyl (C=O) groups excluding carboxylic acids is 2. The highest BCUT2D eigenvalue weighted by Gasteiger charge is 2.30. The molecule has 5 aromatic rings. The van der Waals surface area contributed by atoms with Crippen molar-refractivity contribution in [2.75, 3.05) is 26.1 Å². The molecule has 2 heterocycles. The molecule has 3 aromatic carbocycles. The number of ether oxygens (including phenoxy) is 3. The zero-order valence-electron chi connectivity index (χ0n) is 25.4. The van der Waals surface area contributed by atoms with Gasteiger partial charge in [-0.05, 0) is 91.9 Å². The second-order valence-electron chi connectivity index (χ2n) is 10.5. The average molecular weight is 640 g/mol. The molecule has 6 rings (SSSR count). The number of aromatic nitrogens is 2. The molecule has 1 unspecified atom stereocenters. The Balaban J connectivity index is 1.29. The number of amides is 1. The van der Waals surface area contributed by atoms with Gasteiger partial charge < -0.3 is 24.5 Å². The summed E-state index contributed by atoms with van der Waals surface area (Å²) in [6, 6.07) is 23.7. The lowest BCUT2D eigenvalue weighted by molar-refractivity contribution is -0.115. The molecule has 2 aromatic heterocycles. The number of imidazole rings is 1. The van der Waals surface area contributed by atoms with E-state index >= 15 is 0 Å². The number of nitrogens with one attached hydrogen (secondary N) is 2. The molecule has 1 aliphatic carbocycles. The first-order valence-corrected chi connectivity index (χ1v) is 16.4. The smallest absolute Gasteiger partial charge is 0.341 e. The Morgan fingerprint density at radius 1 is 0.956 bits per heavy atom. The number of rotatable bonds is 10. The van der Waals surface area contributed by atoms with Crippen molar-refractivity contribution in [1.82, 2.24) is 9.97 Å². The van der Waals surface area contributed by atoms with Gasteiger partial charge in [0.15, 0.2) is 5.16 Å². The number of fused-ring (bicyclic) bond motifs is 3. The molecule has 0 saturated carbocycles. The van der Waals surface area contributed by atoms with Crippen LogP contribution >= 0.6 is 23.1 Å². The standard InChI is InChI=1S/C35H33N3O5S2/c1-5-43-34(40)28-27-19-14-21-8-6-7-9-26(21)31(27)45-33(28)38-32(39)20(2)44-35-36-29(22-10-15-24(41-3)16-11-22)30(37-35)23-12-17-25(42-4)18-13-23/h6-13,15-18,20H,5,14,19H2,1-4H3,(H,36,37)(H,38,39). The fraction of sp³-hybridized carbons (Fsp3) is 0.229. The Morgan fingerprint density at radius 2 is 1.62 bits per heavy atom. The molecule has 1 amide bonds. The van der Waals surface area contributed by atoms with E-state index < -0.39 is 11.2 Å². The SMILES string of the molecule is CCOC(=O)c1c(NC(=O)C(C)Sc2nc(-c3ccc(OC)cc3)c(-c3ccc(OC)cc3)[nH]2)sc2c1CCc1ccccc1-2. The molecular formula is C35H33N3O5S2. The molecule has 0 bridgehead atoms. The second kappa shape index (κ2) is 13.2. The first-order chi connectivity index (χ1) is 21.9. The van der Waals surface area contributed by atoms with Crippen molar-refractivity contribution in [2.45, 2.75) is 37.1 Å². The monoisotopic (exact) mass is 639 g/mol. The lowest BCUT2D eigenvalue weighted by Gasteiger charge is -2.16. The quantitative estimate of drug-likeness (QED) is 0.118. The lowest BCUT2D eigenvalue weighted by Crippen LogP contribution is -2.23. The van der Waals surface area contributed by atoms with Crippen molar-refractivity contribution in [3.63, 3.8) is 0 Å². The third kappa shape index (κ3) is 6.21. The van der Waals surface area contributed by atoms with Crippen LogP contribution < -0.4 is 14.8 Å². The van der Waals surface area contributed by atoms with Crippen molar-refractivity contribution in [3.05, 3.63) is 89.5 Å². The molecule has 10 heteroatoms. The molecular weight excluding hydrogens is 607 g/mol. The van der Waals surface area contributed by atoms with Gasteiger partial charge in [0.25, 0.3) is 0 Å². The van der Waals surface area contributed by atoms with Gasteiger partial charge >= 0.3 is 5.97 Å². The molecule has 1 aliphatic rings. The number of thiophene rings is 1. The molecule has 0 saturated heterocycles. The average Bonchev–Trinajstić information content (AvgIpc) is 3.66. The molecule has 8 nitrogen and oxygen atoms in total. The summed E-state index contributed by atoms with van der Waals surface area (Å²) in [7, 11) is 3.27. The summed E-state index contributed by atoms with van der Waals surface area (Å²) in [4.78, 5) is 36.1. The third-order valence-corrected chi connectivity index (χ3v) is 9.88. The van der Waals surface area contributed by atoms with Crippen molar-refractivity contribution in [1.29, 1.82) is 0 Å². The summed E-state index contributed by atoms with van der Waals surface area (Å²) in [6.45, 7) is 3.87. The van der Waals surface area contributed by atoms with Crippen LogP contribution in [0.15, 0.2) is 78.0 Å². The molecule has 2 N–H and O–H groups in total. The first-order valence-electron chi connectivity index (χ1n) is 14.7. The highest BCUT2D eigenvalue weighted by molar-refractivity contribution is 8.00. The second-order valence-corrected chi connectivity index (χ2v) is 12.8. The van der Waals surface area contributed by atoms with E-state index in [0.29, 0.717) is 22.1 Å². The highest BCUT2D eigenvalue weighted by Crippen LogP contribution is 2.46. The van der Waals surface area contributed by atoms with Crippen LogP contribution in [0.2, 0.25) is 0 Å². The van der Waals surface area contributed by atoms with Crippen LogP contribution in [0.5, 0.6) is 11.5 Å². The van der Waals surface area contributed by atoms with E-state index in [1.165, 1.54) is 28.7 Å². The van der Waals surface area contributed by atoms with Gasteiger partial charge in [0, 0.05) is 16.0 Å². The number of anilines is 1. The van der Waals surface area contributed by atoms with Crippen LogP contribution in [-0.2, 0) is 22.4 Å². The fourth-order valence-corrected chi connectivity index (χ4v) is 7.52. The molecule has 0 radical (unpaired) electrons. The minimum atomic E-state index is -0.523. The van der Waals surface area contributed by atoms with E-state index in [4.69, 9.17) is 19.2 Å². The topological polar surface area (TPSA) is 103 Å². The van der Waals surface area contributed by atoms with Crippen LogP contribution in [0.1, 0.15) is 35.3 Å². The Kier molecular flexibility index (Phi) is 8.95. The molecule has 45 heavy (non-hydrogen) atoms. The van der Waals surface area contributed by atoms with Gasteiger partial charge in [-0.1, -0.05) is 36.0 Å². The largest absolute Gasteiger partial charge is 0.497 e. The molecule has 0 aliphatic heterocycles. The van der Waals surface area contributed by atoms with Gasteiger partial charge in [0.05, 0.1) is 43.0 Å². The maximum Gasteiger partial charge on any atom is 0.341 e. The summed E-state index contributed by atoms with van der Waals surface area (Å²) in [5.74, 6) is 0.862. The number of esters is 1. The number of carbonyl (C=O) groups is 2. The Morgan fingerprint density at radius 3 is 2.29 bits per heavy atom. The van der Waals surface area contributed by atoms with Crippen molar-refractivity contribution in [3.8, 4) is 44.5 Å². The number of benzene rings is 3. The van der Waals surface area contributed by atoms with Gasteiger partial charge in [-0.15, -0.1) is 11.3 Å². The number of H-pyrrole nitrogens is 1. The van der Waals surface area contributed by atoms with Crippen LogP contribution in [0.4, 0.5) is 5.00 Å². The zero-order chi connectivity index (χ0) is 31.5. The van der Waals surface area contributed by atoms with Crippen LogP contribution in [0.3, 0.4) is 0 Å². The predicted molar refractivity (Wildman–Crippen MR) is 180 cm³/mol. The Bertz CT molecular complexity index is 1780. The van der Waals surface area contributed by atoms with E-state index in [9.17, 15) is 9.59 Å². The Labute approximate surface area is 270 Å². The maximum atomic E-state index is 13.6.